The number of rotatable bonds is 4. The average molecular weight is 793 g/mol. The molecule has 0 unspecified atom stereocenters. The van der Waals surface area contributed by atoms with Gasteiger partial charge in [0.1, 0.15) is 0 Å². The number of aryl methyl sites for hydroxylation is 4. The van der Waals surface area contributed by atoms with Crippen LogP contribution in [0.4, 0.5) is 0 Å². The Kier molecular flexibility index (Phi) is 7.03. The van der Waals surface area contributed by atoms with Gasteiger partial charge in [0.25, 0.3) is 0 Å². The molecule has 8 aromatic carbocycles. The van der Waals surface area contributed by atoms with Crippen molar-refractivity contribution in [2.45, 2.75) is 25.7 Å². The van der Waals surface area contributed by atoms with E-state index in [0.717, 1.165) is 25.7 Å². The normalized spacial score (nSPS) is 13.2. The first-order valence-corrected chi connectivity index (χ1v) is 22.0. The highest BCUT2D eigenvalue weighted by atomic mass is 15.1. The summed E-state index contributed by atoms with van der Waals surface area (Å²) >= 11 is 0. The van der Waals surface area contributed by atoms with Crippen LogP contribution in [0.25, 0.3) is 99.9 Å². The summed E-state index contributed by atoms with van der Waals surface area (Å²) in [7, 11) is 0. The van der Waals surface area contributed by atoms with Gasteiger partial charge in [-0.15, -0.1) is 0 Å². The number of hydrogen-bond donors (Lipinski definition) is 0. The zero-order valence-corrected chi connectivity index (χ0v) is 34.1. The molecule has 0 bridgehead atoms. The van der Waals surface area contributed by atoms with Crippen molar-refractivity contribution in [2.75, 3.05) is 0 Å². The molecular weight excluding hydrogens is 753 g/mol. The molecule has 4 nitrogen and oxygen atoms in total. The maximum atomic E-state index is 2.60. The van der Waals surface area contributed by atoms with E-state index in [1.54, 1.807) is 0 Å². The number of benzene rings is 8. The van der Waals surface area contributed by atoms with Crippen LogP contribution in [-0.2, 0) is 25.7 Å². The van der Waals surface area contributed by atoms with Crippen LogP contribution >= 0.6 is 0 Å². The average Bonchev–Trinajstić information content (AvgIpc) is 4.07. The topological polar surface area (TPSA) is 19.7 Å². The third kappa shape index (κ3) is 4.51. The van der Waals surface area contributed by atoms with E-state index in [1.165, 1.54) is 122 Å². The molecule has 0 spiro atoms. The Bertz CT molecular complexity index is 3550. The van der Waals surface area contributed by atoms with E-state index in [-0.39, 0.29) is 0 Å². The minimum Gasteiger partial charge on any atom is -0.307 e. The summed E-state index contributed by atoms with van der Waals surface area (Å²) in [5, 5.41) is 7.80. The van der Waals surface area contributed by atoms with Crippen LogP contribution in [-0.4, -0.2) is 18.3 Å². The second-order valence-electron chi connectivity index (χ2n) is 17.0. The smallest absolute Gasteiger partial charge is 0.0745 e. The van der Waals surface area contributed by atoms with Crippen molar-refractivity contribution in [3.05, 3.63) is 216 Å². The monoisotopic (exact) mass is 792 g/mol. The molecule has 12 aromatic rings. The van der Waals surface area contributed by atoms with Crippen molar-refractivity contribution in [1.29, 1.82) is 0 Å². The largest absolute Gasteiger partial charge is 0.307 e. The van der Waals surface area contributed by atoms with E-state index >= 15 is 0 Å². The van der Waals surface area contributed by atoms with Crippen molar-refractivity contribution in [2.24, 2.45) is 0 Å². The molecule has 4 heterocycles. The number of hydrogen-bond acceptors (Lipinski definition) is 0. The van der Waals surface area contributed by atoms with Crippen LogP contribution in [0.3, 0.4) is 0 Å². The van der Waals surface area contributed by atoms with Gasteiger partial charge in [-0.3, -0.25) is 0 Å². The number of aromatic nitrogens is 4. The number of fused-ring (bicyclic) bond motifs is 15. The van der Waals surface area contributed by atoms with Crippen LogP contribution in [0, 0.1) is 0 Å². The zero-order valence-electron chi connectivity index (χ0n) is 34.1. The lowest BCUT2D eigenvalue weighted by Crippen LogP contribution is -2.10. The summed E-state index contributed by atoms with van der Waals surface area (Å²) in [6.45, 7) is 0. The highest BCUT2D eigenvalue weighted by molar-refractivity contribution is 6.07. The molecule has 0 saturated carbocycles. The summed E-state index contributed by atoms with van der Waals surface area (Å²) in [4.78, 5) is 0. The van der Waals surface area contributed by atoms with Gasteiger partial charge in [-0.2, -0.15) is 0 Å². The molecule has 0 N–H and O–H groups in total. The lowest BCUT2D eigenvalue weighted by molar-refractivity contribution is 0.921. The van der Waals surface area contributed by atoms with Gasteiger partial charge in [-0.25, -0.2) is 0 Å². The molecule has 292 valence electrons. The van der Waals surface area contributed by atoms with Gasteiger partial charge in [0.05, 0.1) is 56.2 Å². The molecule has 2 aliphatic rings. The summed E-state index contributed by atoms with van der Waals surface area (Å²) in [6.07, 6.45) is 4.00. The Morgan fingerprint density at radius 2 is 0.500 bits per heavy atom. The van der Waals surface area contributed by atoms with Crippen LogP contribution in [0.15, 0.2) is 194 Å². The van der Waals surface area contributed by atoms with Crippen LogP contribution in [0.1, 0.15) is 22.3 Å². The Morgan fingerprint density at radius 3 is 0.855 bits per heavy atom. The number of nitrogens with zero attached hydrogens (tertiary/aromatic N) is 4. The van der Waals surface area contributed by atoms with Crippen LogP contribution in [0.5, 0.6) is 0 Å². The third-order valence-electron chi connectivity index (χ3n) is 14.0. The van der Waals surface area contributed by atoms with E-state index in [4.69, 9.17) is 0 Å². The third-order valence-corrected chi connectivity index (χ3v) is 14.0. The maximum Gasteiger partial charge on any atom is 0.0745 e. The molecule has 62 heavy (non-hydrogen) atoms. The Hall–Kier alpha value is -7.82. The molecule has 0 atom stereocenters. The minimum absolute atomic E-state index is 0.994. The Morgan fingerprint density at radius 1 is 0.226 bits per heavy atom. The van der Waals surface area contributed by atoms with Gasteiger partial charge in [0, 0.05) is 43.7 Å². The van der Waals surface area contributed by atoms with E-state index in [0.29, 0.717) is 0 Å². The van der Waals surface area contributed by atoms with Crippen LogP contribution < -0.4 is 0 Å². The molecule has 4 aromatic heterocycles. The second-order valence-corrected chi connectivity index (χ2v) is 17.0. The fourth-order valence-electron chi connectivity index (χ4n) is 11.6. The highest BCUT2D eigenvalue weighted by Gasteiger charge is 2.33. The van der Waals surface area contributed by atoms with Gasteiger partial charge in [-0.1, -0.05) is 133 Å². The number of para-hydroxylation sites is 6. The summed E-state index contributed by atoms with van der Waals surface area (Å²) in [5.41, 5.74) is 20.7. The standard InChI is InChI=1S/C58H40N4/c1-3-17-37(18-4-1)59-49-27-11-7-21-41(49)45-33-35-47-43-23-9-13-29-51(43)61(57(47)55(45)59)53-31-15-26-40-39(53)25-16-32-54(40)62-52-30-14-10-24-44(52)48-36-34-46-42-22-8-12-28-50(42)60(56(46)58(48)62)38-19-5-2-6-20-38/h1-32H,33-36H2. The van der Waals surface area contributed by atoms with Gasteiger partial charge in [-0.05, 0) is 109 Å². The lowest BCUT2D eigenvalue weighted by atomic mass is 9.91. The molecular formula is C58H40N4. The minimum atomic E-state index is 0.994. The van der Waals surface area contributed by atoms with Crippen molar-refractivity contribution in [1.82, 2.24) is 18.3 Å². The van der Waals surface area contributed by atoms with E-state index in [1.807, 2.05) is 0 Å². The summed E-state index contributed by atoms with van der Waals surface area (Å²) in [5.74, 6) is 0. The quantitative estimate of drug-likeness (QED) is 0.169. The molecule has 2 aliphatic carbocycles. The maximum absolute atomic E-state index is 2.60. The SMILES string of the molecule is c1ccc(-n2c3c(c4ccccc42)CCc2c-3n(-c3cccc4c(-n5c6c(c7ccccc75)CCc5c-6n(-c6ccccc6)c6ccccc56)cccc34)c3ccccc23)cc1. The lowest BCUT2D eigenvalue weighted by Gasteiger charge is -2.23. The predicted octanol–water partition coefficient (Wildman–Crippen LogP) is 14.1. The fourth-order valence-corrected chi connectivity index (χ4v) is 11.6. The Labute approximate surface area is 358 Å². The molecule has 0 aliphatic heterocycles. The first-order valence-electron chi connectivity index (χ1n) is 22.0. The van der Waals surface area contributed by atoms with E-state index in [2.05, 4.69) is 212 Å². The fraction of sp³-hybridized carbons (Fsp3) is 0.0690. The highest BCUT2D eigenvalue weighted by Crippen LogP contribution is 2.50. The van der Waals surface area contributed by atoms with Crippen molar-refractivity contribution < 1.29 is 0 Å². The zero-order chi connectivity index (χ0) is 40.5. The first-order chi connectivity index (χ1) is 30.8. The van der Waals surface area contributed by atoms with Crippen LogP contribution in [0.2, 0.25) is 0 Å². The molecule has 14 rings (SSSR count). The van der Waals surface area contributed by atoms with Gasteiger partial charge >= 0.3 is 0 Å². The Balaban J connectivity index is 1.08. The molecule has 0 saturated heterocycles. The molecule has 0 fully saturated rings. The van der Waals surface area contributed by atoms with Gasteiger partial charge in [0.2, 0.25) is 0 Å². The molecule has 0 amide bonds. The first kappa shape index (κ1) is 34.0. The van der Waals surface area contributed by atoms with Crippen molar-refractivity contribution in [3.8, 4) is 45.5 Å². The van der Waals surface area contributed by atoms with Gasteiger partial charge < -0.3 is 18.3 Å². The van der Waals surface area contributed by atoms with Gasteiger partial charge in [0.15, 0.2) is 0 Å². The second kappa shape index (κ2) is 12.8. The summed E-state index contributed by atoms with van der Waals surface area (Å²) < 4.78 is 10.2. The molecule has 0 radical (unpaired) electrons. The van der Waals surface area contributed by atoms with E-state index < -0.39 is 0 Å². The summed E-state index contributed by atoms with van der Waals surface area (Å²) in [6, 6.07) is 72.0. The predicted molar refractivity (Wildman–Crippen MR) is 257 cm³/mol. The van der Waals surface area contributed by atoms with Crippen molar-refractivity contribution in [3.63, 3.8) is 0 Å². The van der Waals surface area contributed by atoms with E-state index in [9.17, 15) is 0 Å². The molecule has 4 heteroatoms. The van der Waals surface area contributed by atoms with Crippen molar-refractivity contribution >= 4 is 54.4 Å².